The molecule has 0 aliphatic rings. The van der Waals surface area contributed by atoms with Gasteiger partial charge >= 0.3 is 0 Å². The predicted molar refractivity (Wildman–Crippen MR) is 32.3 cm³/mol. The highest BCUT2D eigenvalue weighted by Gasteiger charge is 1.61. The number of hydrogen-bond donors (Lipinski definition) is 2. The quantitative estimate of drug-likeness (QED) is 0.348. The van der Waals surface area contributed by atoms with Crippen LogP contribution in [0.4, 0.5) is 0 Å². The predicted octanol–water partition coefficient (Wildman–Crippen LogP) is -0.490. The maximum absolute atomic E-state index is 4.00. The maximum atomic E-state index is 4.00. The summed E-state index contributed by atoms with van der Waals surface area (Å²) in [6.45, 7) is 3.49. The van der Waals surface area contributed by atoms with Crippen LogP contribution >= 0.6 is 0 Å². The van der Waals surface area contributed by atoms with Gasteiger partial charge in [-0.05, 0) is 6.20 Å². The third-order valence-electron chi connectivity index (χ3n) is 0.365. The first-order valence-corrected chi connectivity index (χ1v) is 1.89. The monoisotopic (exact) mass is 103 g/mol. The van der Waals surface area contributed by atoms with E-state index < -0.39 is 0 Å². The van der Waals surface area contributed by atoms with Gasteiger partial charge in [-0.2, -0.15) is 0 Å². The average Bonchev–Trinajstić information content (AvgIpc) is 1.73. The minimum absolute atomic E-state index is 1.75. The van der Waals surface area contributed by atoms with E-state index in [4.69, 9.17) is 0 Å². The Labute approximate surface area is 44.6 Å². The highest BCUT2D eigenvalue weighted by atomic mass is 15.0. The first-order chi connectivity index (χ1) is 3.27. The number of hydrazine groups is 1. The molecule has 0 aliphatic heterocycles. The van der Waals surface area contributed by atoms with Crippen LogP contribution in [-0.2, 0) is 0 Å². The Morgan fingerprint density at radius 3 is 1.57 bits per heavy atom. The van der Waals surface area contributed by atoms with E-state index in [1.165, 1.54) is 0 Å². The Kier molecular flexibility index (Phi) is 12.5. The van der Waals surface area contributed by atoms with Crippen molar-refractivity contribution >= 4 is 0 Å². The van der Waals surface area contributed by atoms with E-state index in [9.17, 15) is 0 Å². The summed E-state index contributed by atoms with van der Waals surface area (Å²) >= 11 is 0. The average molecular weight is 103 g/mol. The second-order valence-corrected chi connectivity index (χ2v) is 1.15. The van der Waals surface area contributed by atoms with Crippen molar-refractivity contribution in [1.29, 1.82) is 0 Å². The topological polar surface area (TPSA) is 55.3 Å². The zero-order chi connectivity index (χ0) is 6.28. The summed E-state index contributed by atoms with van der Waals surface area (Å²) in [5.41, 5.74) is 0. The van der Waals surface area contributed by atoms with Gasteiger partial charge in [-0.3, -0.25) is 11.7 Å². The van der Waals surface area contributed by atoms with Crippen LogP contribution < -0.4 is 11.7 Å². The summed E-state index contributed by atoms with van der Waals surface area (Å²) in [6, 6.07) is 0. The highest BCUT2D eigenvalue weighted by Crippen LogP contribution is 1.64. The van der Waals surface area contributed by atoms with E-state index in [1.807, 2.05) is 19.0 Å². The molecule has 0 spiro atoms. The Morgan fingerprint density at radius 2 is 1.57 bits per heavy atom. The third-order valence-corrected chi connectivity index (χ3v) is 0.365. The molecule has 0 radical (unpaired) electrons. The van der Waals surface area contributed by atoms with Gasteiger partial charge in [0.05, 0.1) is 0 Å². The normalized spacial score (nSPS) is 5.71. The summed E-state index contributed by atoms with van der Waals surface area (Å²) in [7, 11) is 3.88. The van der Waals surface area contributed by atoms with E-state index in [2.05, 4.69) is 18.3 Å². The molecule has 0 aliphatic carbocycles. The van der Waals surface area contributed by atoms with Crippen molar-refractivity contribution < 1.29 is 0 Å². The molecule has 0 aromatic rings. The van der Waals surface area contributed by atoms with E-state index >= 15 is 0 Å². The molecular formula is C4H13N3. The minimum atomic E-state index is 1.75. The second-order valence-electron chi connectivity index (χ2n) is 1.15. The third kappa shape index (κ3) is 30.7. The minimum Gasteiger partial charge on any atom is -0.384 e. The molecule has 3 nitrogen and oxygen atoms in total. The van der Waals surface area contributed by atoms with Gasteiger partial charge in [-0.1, -0.05) is 6.58 Å². The summed E-state index contributed by atoms with van der Waals surface area (Å²) in [5, 5.41) is 0. The van der Waals surface area contributed by atoms with Crippen LogP contribution in [0, 0.1) is 0 Å². The number of nitrogens with two attached hydrogens (primary N) is 2. The summed E-state index contributed by atoms with van der Waals surface area (Å²) in [6.07, 6.45) is 1.75. The molecule has 0 saturated carbocycles. The fourth-order valence-corrected chi connectivity index (χ4v) is 0. The van der Waals surface area contributed by atoms with Crippen molar-refractivity contribution in [2.75, 3.05) is 14.1 Å². The lowest BCUT2D eigenvalue weighted by atomic mass is 10.9. The number of rotatable bonds is 1. The van der Waals surface area contributed by atoms with Crippen LogP contribution in [0.1, 0.15) is 0 Å². The van der Waals surface area contributed by atoms with Crippen LogP contribution in [0.2, 0.25) is 0 Å². The molecule has 7 heavy (non-hydrogen) atoms. The molecule has 0 atom stereocenters. The molecule has 0 fully saturated rings. The van der Waals surface area contributed by atoms with Crippen molar-refractivity contribution in [1.82, 2.24) is 4.90 Å². The van der Waals surface area contributed by atoms with E-state index in [1.54, 1.807) is 6.20 Å². The standard InChI is InChI=1S/C4H9N.H4N2/c1-4-5(2)3;1-2/h4H,1H2,2-3H3;1-2H2. The fourth-order valence-electron chi connectivity index (χ4n) is 0. The van der Waals surface area contributed by atoms with Crippen LogP contribution in [0.25, 0.3) is 0 Å². The molecule has 0 heterocycles. The lowest BCUT2D eigenvalue weighted by Gasteiger charge is -1.98. The molecule has 0 aromatic carbocycles. The van der Waals surface area contributed by atoms with Crippen LogP contribution in [0.5, 0.6) is 0 Å². The molecule has 0 aromatic heterocycles. The smallest absolute Gasteiger partial charge is 0.00554 e. The highest BCUT2D eigenvalue weighted by molar-refractivity contribution is 4.59. The molecular weight excluding hydrogens is 90.1 g/mol. The zero-order valence-electron chi connectivity index (χ0n) is 4.89. The van der Waals surface area contributed by atoms with Crippen LogP contribution in [-0.4, -0.2) is 19.0 Å². The molecule has 3 heteroatoms. The van der Waals surface area contributed by atoms with Crippen molar-refractivity contribution in [3.8, 4) is 0 Å². The second kappa shape index (κ2) is 9.07. The van der Waals surface area contributed by atoms with Crippen LogP contribution in [0.3, 0.4) is 0 Å². The summed E-state index contributed by atoms with van der Waals surface area (Å²) in [4.78, 5) is 1.89. The summed E-state index contributed by atoms with van der Waals surface area (Å²) < 4.78 is 0. The maximum Gasteiger partial charge on any atom is 0.00554 e. The number of hydrogen-bond acceptors (Lipinski definition) is 3. The van der Waals surface area contributed by atoms with E-state index in [-0.39, 0.29) is 0 Å². The van der Waals surface area contributed by atoms with Gasteiger partial charge in [-0.25, -0.2) is 0 Å². The Bertz CT molecular complexity index is 33.9. The molecule has 0 unspecified atom stereocenters. The molecule has 0 bridgehead atoms. The Morgan fingerprint density at radius 1 is 1.43 bits per heavy atom. The molecule has 0 saturated heterocycles. The zero-order valence-corrected chi connectivity index (χ0v) is 4.89. The van der Waals surface area contributed by atoms with Gasteiger partial charge in [0.1, 0.15) is 0 Å². The number of nitrogens with zero attached hydrogens (tertiary/aromatic N) is 1. The van der Waals surface area contributed by atoms with Gasteiger partial charge in [0.15, 0.2) is 0 Å². The molecule has 4 N–H and O–H groups in total. The largest absolute Gasteiger partial charge is 0.384 e. The van der Waals surface area contributed by atoms with Crippen LogP contribution in [0.15, 0.2) is 12.8 Å². The Hall–Kier alpha value is -0.540. The molecule has 44 valence electrons. The fraction of sp³-hybridized carbons (Fsp3) is 0.500. The molecule has 0 amide bonds. The van der Waals surface area contributed by atoms with Gasteiger partial charge < -0.3 is 4.90 Å². The van der Waals surface area contributed by atoms with E-state index in [0.29, 0.717) is 0 Å². The first kappa shape index (κ1) is 9.68. The first-order valence-electron chi connectivity index (χ1n) is 1.89. The van der Waals surface area contributed by atoms with E-state index in [0.717, 1.165) is 0 Å². The Balaban J connectivity index is 0. The van der Waals surface area contributed by atoms with Crippen molar-refractivity contribution in [2.45, 2.75) is 0 Å². The molecule has 0 rings (SSSR count). The van der Waals surface area contributed by atoms with Crippen molar-refractivity contribution in [2.24, 2.45) is 11.7 Å². The SMILES string of the molecule is C=CN(C)C.NN. The lowest BCUT2D eigenvalue weighted by Crippen LogP contribution is -2.02. The van der Waals surface area contributed by atoms with Gasteiger partial charge in [0.2, 0.25) is 0 Å². The summed E-state index contributed by atoms with van der Waals surface area (Å²) in [5.74, 6) is 8.00. The van der Waals surface area contributed by atoms with Gasteiger partial charge in [0, 0.05) is 14.1 Å². The van der Waals surface area contributed by atoms with Gasteiger partial charge in [0.25, 0.3) is 0 Å². The van der Waals surface area contributed by atoms with Crippen molar-refractivity contribution in [3.63, 3.8) is 0 Å². The van der Waals surface area contributed by atoms with Crippen molar-refractivity contribution in [3.05, 3.63) is 12.8 Å². The lowest BCUT2D eigenvalue weighted by molar-refractivity contribution is 0.566. The van der Waals surface area contributed by atoms with Gasteiger partial charge in [-0.15, -0.1) is 0 Å².